The lowest BCUT2D eigenvalue weighted by molar-refractivity contribution is 0.112. The van der Waals surface area contributed by atoms with Gasteiger partial charge in [-0.1, -0.05) is 30.3 Å². The van der Waals surface area contributed by atoms with Crippen molar-refractivity contribution in [3.63, 3.8) is 0 Å². The highest BCUT2D eigenvalue weighted by atomic mass is 19.1. The van der Waals surface area contributed by atoms with E-state index in [1.54, 1.807) is 12.1 Å². The summed E-state index contributed by atoms with van der Waals surface area (Å²) in [5.74, 6) is -0.359. The van der Waals surface area contributed by atoms with Gasteiger partial charge in [-0.25, -0.2) is 9.37 Å². The zero-order chi connectivity index (χ0) is 13.2. The van der Waals surface area contributed by atoms with Gasteiger partial charge in [0, 0.05) is 22.6 Å². The highest BCUT2D eigenvalue weighted by Crippen LogP contribution is 2.24. The Kier molecular flexibility index (Phi) is 2.80. The van der Waals surface area contributed by atoms with Crippen LogP contribution in [0, 0.1) is 5.82 Å². The van der Waals surface area contributed by atoms with Gasteiger partial charge < -0.3 is 0 Å². The quantitative estimate of drug-likeness (QED) is 0.647. The van der Waals surface area contributed by atoms with Crippen LogP contribution in [0.15, 0.2) is 54.6 Å². The number of carbonyl (C=O) groups excluding carboxylic acids is 1. The number of nitrogens with zero attached hydrogens (tertiary/aromatic N) is 1. The second kappa shape index (κ2) is 4.61. The molecule has 3 aromatic rings. The minimum atomic E-state index is -0.359. The summed E-state index contributed by atoms with van der Waals surface area (Å²) in [5.41, 5.74) is 2.57. The van der Waals surface area contributed by atoms with Crippen molar-refractivity contribution < 1.29 is 9.18 Å². The molecule has 0 spiro atoms. The lowest BCUT2D eigenvalue weighted by Crippen LogP contribution is -1.92. The number of rotatable bonds is 2. The normalized spacial score (nSPS) is 10.6. The minimum Gasteiger partial charge on any atom is -0.298 e. The average Bonchev–Trinajstić information content (AvgIpc) is 2.46. The highest BCUT2D eigenvalue weighted by molar-refractivity contribution is 5.98. The lowest BCUT2D eigenvalue weighted by Gasteiger charge is -2.06. The molecule has 0 amide bonds. The van der Waals surface area contributed by atoms with E-state index in [1.165, 1.54) is 12.1 Å². The van der Waals surface area contributed by atoms with E-state index >= 15 is 0 Å². The summed E-state index contributed by atoms with van der Waals surface area (Å²) in [6.45, 7) is 0. The third-order valence-corrected chi connectivity index (χ3v) is 3.00. The molecule has 3 rings (SSSR count). The van der Waals surface area contributed by atoms with Gasteiger partial charge in [0.1, 0.15) is 5.82 Å². The van der Waals surface area contributed by atoms with Gasteiger partial charge in [0.25, 0.3) is 0 Å². The number of carbonyl (C=O) groups is 1. The molecule has 1 heterocycles. The van der Waals surface area contributed by atoms with Gasteiger partial charge in [0.15, 0.2) is 6.29 Å². The average molecular weight is 251 g/mol. The van der Waals surface area contributed by atoms with Crippen molar-refractivity contribution in [2.45, 2.75) is 0 Å². The van der Waals surface area contributed by atoms with Gasteiger partial charge in [0.2, 0.25) is 0 Å². The van der Waals surface area contributed by atoms with Gasteiger partial charge in [-0.3, -0.25) is 4.79 Å². The molecule has 19 heavy (non-hydrogen) atoms. The Morgan fingerprint density at radius 2 is 1.79 bits per heavy atom. The van der Waals surface area contributed by atoms with E-state index < -0.39 is 0 Å². The van der Waals surface area contributed by atoms with E-state index in [2.05, 4.69) is 4.98 Å². The maximum atomic E-state index is 13.3. The zero-order valence-corrected chi connectivity index (χ0v) is 10.0. The molecular weight excluding hydrogens is 241 g/mol. The molecule has 0 aliphatic rings. The SMILES string of the molecule is O=Cc1cc(-c2ccccc2)nc2cc(F)ccc12. The van der Waals surface area contributed by atoms with E-state index in [0.29, 0.717) is 22.2 Å². The third-order valence-electron chi connectivity index (χ3n) is 3.00. The van der Waals surface area contributed by atoms with Gasteiger partial charge >= 0.3 is 0 Å². The van der Waals surface area contributed by atoms with Crippen LogP contribution < -0.4 is 0 Å². The molecule has 92 valence electrons. The summed E-state index contributed by atoms with van der Waals surface area (Å²) in [6.07, 6.45) is 0.772. The Morgan fingerprint density at radius 1 is 1.00 bits per heavy atom. The molecule has 3 heteroatoms. The minimum absolute atomic E-state index is 0.359. The van der Waals surface area contributed by atoms with E-state index in [-0.39, 0.29) is 5.82 Å². The van der Waals surface area contributed by atoms with Crippen LogP contribution in [0.2, 0.25) is 0 Å². The maximum absolute atomic E-state index is 13.3. The van der Waals surface area contributed by atoms with Crippen molar-refractivity contribution in [3.05, 3.63) is 66.0 Å². The molecule has 0 saturated heterocycles. The van der Waals surface area contributed by atoms with Crippen LogP contribution in [0.25, 0.3) is 22.2 Å². The van der Waals surface area contributed by atoms with Crippen LogP contribution in [0.1, 0.15) is 10.4 Å². The molecule has 0 unspecified atom stereocenters. The van der Waals surface area contributed by atoms with Gasteiger partial charge in [-0.2, -0.15) is 0 Å². The van der Waals surface area contributed by atoms with Crippen molar-refractivity contribution in [1.82, 2.24) is 4.98 Å². The molecule has 0 aliphatic heterocycles. The Morgan fingerprint density at radius 3 is 2.53 bits per heavy atom. The Labute approximate surface area is 109 Å². The van der Waals surface area contributed by atoms with Gasteiger partial charge in [0.05, 0.1) is 11.2 Å². The lowest BCUT2D eigenvalue weighted by atomic mass is 10.0. The van der Waals surface area contributed by atoms with Gasteiger partial charge in [-0.05, 0) is 18.2 Å². The van der Waals surface area contributed by atoms with Crippen LogP contribution in [0.4, 0.5) is 4.39 Å². The number of hydrogen-bond acceptors (Lipinski definition) is 2. The molecule has 2 nitrogen and oxygen atoms in total. The van der Waals surface area contributed by atoms with Crippen molar-refractivity contribution in [2.24, 2.45) is 0 Å². The fraction of sp³-hybridized carbons (Fsp3) is 0. The summed E-state index contributed by atoms with van der Waals surface area (Å²) < 4.78 is 13.3. The van der Waals surface area contributed by atoms with E-state index in [9.17, 15) is 9.18 Å². The summed E-state index contributed by atoms with van der Waals surface area (Å²) in [4.78, 5) is 15.6. The molecule has 0 bridgehead atoms. The first-order chi connectivity index (χ1) is 9.28. The van der Waals surface area contributed by atoms with E-state index in [1.807, 2.05) is 30.3 Å². The topological polar surface area (TPSA) is 30.0 Å². The second-order valence-corrected chi connectivity index (χ2v) is 4.24. The first-order valence-electron chi connectivity index (χ1n) is 5.89. The number of aromatic nitrogens is 1. The fourth-order valence-corrected chi connectivity index (χ4v) is 2.08. The third kappa shape index (κ3) is 2.10. The van der Waals surface area contributed by atoms with Crippen LogP contribution in [0.5, 0.6) is 0 Å². The van der Waals surface area contributed by atoms with Crippen molar-refractivity contribution >= 4 is 17.2 Å². The van der Waals surface area contributed by atoms with Crippen molar-refractivity contribution in [2.75, 3.05) is 0 Å². The smallest absolute Gasteiger partial charge is 0.150 e. The Balaban J connectivity index is 2.30. The largest absolute Gasteiger partial charge is 0.298 e. The Hall–Kier alpha value is -2.55. The molecule has 0 aliphatic carbocycles. The first kappa shape index (κ1) is 11.5. The van der Waals surface area contributed by atoms with Crippen molar-refractivity contribution in [3.8, 4) is 11.3 Å². The second-order valence-electron chi connectivity index (χ2n) is 4.24. The van der Waals surface area contributed by atoms with Crippen molar-refractivity contribution in [1.29, 1.82) is 0 Å². The summed E-state index contributed by atoms with van der Waals surface area (Å²) in [5, 5.41) is 0.663. The van der Waals surface area contributed by atoms with Crippen LogP contribution >= 0.6 is 0 Å². The monoisotopic (exact) mass is 251 g/mol. The molecular formula is C16H10FNO. The summed E-state index contributed by atoms with van der Waals surface area (Å²) >= 11 is 0. The Bertz CT molecular complexity index is 753. The number of halogens is 1. The number of pyridine rings is 1. The van der Waals surface area contributed by atoms with Crippen LogP contribution in [-0.4, -0.2) is 11.3 Å². The molecule has 0 atom stereocenters. The number of fused-ring (bicyclic) bond motifs is 1. The highest BCUT2D eigenvalue weighted by Gasteiger charge is 2.07. The molecule has 0 saturated carbocycles. The predicted molar refractivity (Wildman–Crippen MR) is 72.5 cm³/mol. The standard InChI is InChI=1S/C16H10FNO/c17-13-6-7-14-12(10-19)8-15(18-16(14)9-13)11-4-2-1-3-5-11/h1-10H. The molecule has 0 radical (unpaired) electrons. The van der Waals surface area contributed by atoms with E-state index in [4.69, 9.17) is 0 Å². The fourth-order valence-electron chi connectivity index (χ4n) is 2.08. The molecule has 0 fully saturated rings. The van der Waals surface area contributed by atoms with Crippen LogP contribution in [-0.2, 0) is 0 Å². The summed E-state index contributed by atoms with van der Waals surface area (Å²) in [7, 11) is 0. The van der Waals surface area contributed by atoms with Gasteiger partial charge in [-0.15, -0.1) is 0 Å². The zero-order valence-electron chi connectivity index (χ0n) is 10.0. The predicted octanol–water partition coefficient (Wildman–Crippen LogP) is 3.85. The number of benzene rings is 2. The summed E-state index contributed by atoms with van der Waals surface area (Å²) in [6, 6.07) is 15.5. The number of hydrogen-bond donors (Lipinski definition) is 0. The molecule has 0 N–H and O–H groups in total. The number of aldehydes is 1. The first-order valence-corrected chi connectivity index (χ1v) is 5.89. The molecule has 2 aromatic carbocycles. The van der Waals surface area contributed by atoms with E-state index in [0.717, 1.165) is 11.8 Å². The molecule has 1 aromatic heterocycles. The maximum Gasteiger partial charge on any atom is 0.150 e. The van der Waals surface area contributed by atoms with Crippen LogP contribution in [0.3, 0.4) is 0 Å².